The van der Waals surface area contributed by atoms with Crippen LogP contribution in [0.5, 0.6) is 17.2 Å². The lowest BCUT2D eigenvalue weighted by Gasteiger charge is -2.29. The Bertz CT molecular complexity index is 1530. The molecule has 3 aromatic carbocycles. The molecular formula is C32H30Cl2N2O6. The lowest BCUT2D eigenvalue weighted by Crippen LogP contribution is -2.34. The number of allylic oxidation sites excluding steroid dienone is 1. The molecule has 8 nitrogen and oxygen atoms in total. The molecular weight excluding hydrogens is 579 g/mol. The Morgan fingerprint density at radius 2 is 1.67 bits per heavy atom. The second kappa shape index (κ2) is 12.9. The summed E-state index contributed by atoms with van der Waals surface area (Å²) in [5, 5.41) is 7.53. The Balaban J connectivity index is 1.42. The molecule has 218 valence electrons. The number of hydrogen-bond donors (Lipinski definition) is 0. The van der Waals surface area contributed by atoms with Gasteiger partial charge in [0.05, 0.1) is 38.6 Å². The van der Waals surface area contributed by atoms with E-state index in [1.807, 2.05) is 36.4 Å². The number of hydrogen-bond acceptors (Lipinski definition) is 7. The molecule has 0 bridgehead atoms. The largest absolute Gasteiger partial charge is 0.493 e. The van der Waals surface area contributed by atoms with Gasteiger partial charge in [-0.15, -0.1) is 0 Å². The number of carbonyl (C=O) groups excluding carboxylic acids is 2. The smallest absolute Gasteiger partial charge is 0.338 e. The van der Waals surface area contributed by atoms with Crippen molar-refractivity contribution in [3.63, 3.8) is 0 Å². The van der Waals surface area contributed by atoms with Gasteiger partial charge in [0, 0.05) is 16.0 Å². The molecule has 10 heteroatoms. The van der Waals surface area contributed by atoms with E-state index in [0.717, 1.165) is 41.7 Å². The number of carbonyl (C=O) groups is 2. The Labute approximate surface area is 254 Å². The van der Waals surface area contributed by atoms with Crippen molar-refractivity contribution in [2.75, 3.05) is 27.9 Å². The number of methoxy groups -OCH3 is 3. The van der Waals surface area contributed by atoms with E-state index >= 15 is 0 Å². The van der Waals surface area contributed by atoms with Crippen molar-refractivity contribution in [3.05, 3.63) is 93.0 Å². The van der Waals surface area contributed by atoms with Crippen LogP contribution in [0.1, 0.15) is 46.8 Å². The number of halogens is 2. The van der Waals surface area contributed by atoms with E-state index in [0.29, 0.717) is 27.3 Å². The third-order valence-electron chi connectivity index (χ3n) is 7.39. The van der Waals surface area contributed by atoms with Gasteiger partial charge in [-0.1, -0.05) is 47.5 Å². The van der Waals surface area contributed by atoms with Crippen LogP contribution >= 0.6 is 23.2 Å². The summed E-state index contributed by atoms with van der Waals surface area (Å²) in [5.74, 6) is -0.245. The number of fused-ring (bicyclic) bond motifs is 1. The number of benzene rings is 3. The quantitative estimate of drug-likeness (QED) is 0.256. The minimum absolute atomic E-state index is 0.0277. The molecule has 2 unspecified atom stereocenters. The van der Waals surface area contributed by atoms with Gasteiger partial charge in [-0.3, -0.25) is 4.79 Å². The molecule has 1 fully saturated rings. The molecule has 0 N–H and O–H groups in total. The van der Waals surface area contributed by atoms with Gasteiger partial charge in [0.15, 0.2) is 18.1 Å². The fourth-order valence-electron chi connectivity index (χ4n) is 5.47. The molecule has 1 heterocycles. The zero-order valence-corrected chi connectivity index (χ0v) is 24.9. The zero-order chi connectivity index (χ0) is 29.8. The first kappa shape index (κ1) is 29.5. The molecule has 1 saturated carbocycles. The molecule has 0 aromatic heterocycles. The highest BCUT2D eigenvalue weighted by Gasteiger charge is 2.44. The standard InChI is InChI=1S/C32H30Cl2N2O6/c1-39-26-16-22(17-27(40-2)31(26)41-3)32(38)42-18-28(37)36-30(20-10-12-23(33)13-11-20)25-9-5-7-21(29(25)35-36)14-19-6-4-8-24(34)15-19/h4,6,8,10-17,25,30H,5,7,9,18H2,1-3H3. The second-order valence-corrected chi connectivity index (χ2v) is 10.8. The molecule has 2 atom stereocenters. The monoisotopic (exact) mass is 608 g/mol. The van der Waals surface area contributed by atoms with Crippen molar-refractivity contribution in [3.8, 4) is 17.2 Å². The summed E-state index contributed by atoms with van der Waals surface area (Å²) in [6, 6.07) is 17.6. The fraction of sp³-hybridized carbons (Fsp3) is 0.281. The van der Waals surface area contributed by atoms with Crippen molar-refractivity contribution in [1.82, 2.24) is 5.01 Å². The number of esters is 1. The summed E-state index contributed by atoms with van der Waals surface area (Å²) < 4.78 is 21.5. The fourth-order valence-corrected chi connectivity index (χ4v) is 5.80. The summed E-state index contributed by atoms with van der Waals surface area (Å²) in [4.78, 5) is 26.6. The number of hydrazone groups is 1. The summed E-state index contributed by atoms with van der Waals surface area (Å²) in [6.07, 6.45) is 4.70. The van der Waals surface area contributed by atoms with E-state index in [1.54, 1.807) is 12.1 Å². The minimum atomic E-state index is -0.712. The molecule has 2 aliphatic rings. The summed E-state index contributed by atoms with van der Waals surface area (Å²) in [5.41, 5.74) is 3.92. The Hall–Kier alpha value is -4.01. The van der Waals surface area contributed by atoms with E-state index in [1.165, 1.54) is 38.5 Å². The van der Waals surface area contributed by atoms with Gasteiger partial charge in [-0.25, -0.2) is 9.80 Å². The maximum atomic E-state index is 13.6. The van der Waals surface area contributed by atoms with Crippen molar-refractivity contribution in [2.45, 2.75) is 25.3 Å². The van der Waals surface area contributed by atoms with Crippen LogP contribution in [0.3, 0.4) is 0 Å². The molecule has 1 aliphatic heterocycles. The maximum absolute atomic E-state index is 13.6. The third-order valence-corrected chi connectivity index (χ3v) is 7.87. The molecule has 42 heavy (non-hydrogen) atoms. The molecule has 1 amide bonds. The zero-order valence-electron chi connectivity index (χ0n) is 23.4. The predicted octanol–water partition coefficient (Wildman–Crippen LogP) is 7.00. The van der Waals surface area contributed by atoms with Crippen molar-refractivity contribution < 1.29 is 28.5 Å². The van der Waals surface area contributed by atoms with Crippen LogP contribution in [0.2, 0.25) is 10.0 Å². The lowest BCUT2D eigenvalue weighted by molar-refractivity contribution is -0.137. The van der Waals surface area contributed by atoms with E-state index in [2.05, 4.69) is 6.08 Å². The minimum Gasteiger partial charge on any atom is -0.493 e. The Morgan fingerprint density at radius 3 is 2.31 bits per heavy atom. The lowest BCUT2D eigenvalue weighted by atomic mass is 9.77. The molecule has 5 rings (SSSR count). The molecule has 0 saturated heterocycles. The highest BCUT2D eigenvalue weighted by atomic mass is 35.5. The third kappa shape index (κ3) is 6.10. The van der Waals surface area contributed by atoms with E-state index < -0.39 is 18.5 Å². The van der Waals surface area contributed by atoms with Crippen molar-refractivity contribution in [1.29, 1.82) is 0 Å². The first-order chi connectivity index (χ1) is 20.3. The maximum Gasteiger partial charge on any atom is 0.338 e. The number of rotatable bonds is 8. The van der Waals surface area contributed by atoms with Crippen LogP contribution in [-0.2, 0) is 9.53 Å². The van der Waals surface area contributed by atoms with Crippen LogP contribution in [0.4, 0.5) is 0 Å². The van der Waals surface area contributed by atoms with Crippen LogP contribution in [0, 0.1) is 5.92 Å². The highest BCUT2D eigenvalue weighted by Crippen LogP contribution is 2.45. The molecule has 0 spiro atoms. The summed E-state index contributed by atoms with van der Waals surface area (Å²) in [6.45, 7) is -0.504. The van der Waals surface area contributed by atoms with Crippen LogP contribution < -0.4 is 14.2 Å². The SMILES string of the molecule is COc1cc(C(=O)OCC(=O)N2N=C3C(=Cc4cccc(Cl)c4)CCCC3C2c2ccc(Cl)cc2)cc(OC)c1OC. The van der Waals surface area contributed by atoms with Gasteiger partial charge in [-0.05, 0) is 78.4 Å². The van der Waals surface area contributed by atoms with Gasteiger partial charge in [0.25, 0.3) is 5.91 Å². The van der Waals surface area contributed by atoms with Crippen molar-refractivity contribution >= 4 is 46.9 Å². The summed E-state index contributed by atoms with van der Waals surface area (Å²) >= 11 is 12.4. The number of ether oxygens (including phenoxy) is 4. The first-order valence-electron chi connectivity index (χ1n) is 13.4. The molecule has 1 aliphatic carbocycles. The van der Waals surface area contributed by atoms with Gasteiger partial charge >= 0.3 is 5.97 Å². The Morgan fingerprint density at radius 1 is 0.952 bits per heavy atom. The van der Waals surface area contributed by atoms with Crippen LogP contribution in [-0.4, -0.2) is 50.5 Å². The van der Waals surface area contributed by atoms with Crippen LogP contribution in [0.15, 0.2) is 71.3 Å². The van der Waals surface area contributed by atoms with Crippen LogP contribution in [0.25, 0.3) is 6.08 Å². The van der Waals surface area contributed by atoms with E-state index in [4.69, 9.17) is 47.3 Å². The van der Waals surface area contributed by atoms with Gasteiger partial charge in [0.2, 0.25) is 5.75 Å². The van der Waals surface area contributed by atoms with E-state index in [-0.39, 0.29) is 17.5 Å². The predicted molar refractivity (Wildman–Crippen MR) is 162 cm³/mol. The average molecular weight is 610 g/mol. The summed E-state index contributed by atoms with van der Waals surface area (Å²) in [7, 11) is 4.38. The highest BCUT2D eigenvalue weighted by molar-refractivity contribution is 6.31. The second-order valence-electron chi connectivity index (χ2n) is 9.93. The first-order valence-corrected chi connectivity index (χ1v) is 14.2. The van der Waals surface area contributed by atoms with Gasteiger partial charge < -0.3 is 18.9 Å². The van der Waals surface area contributed by atoms with Gasteiger partial charge in [-0.2, -0.15) is 5.10 Å². The molecule has 0 radical (unpaired) electrons. The Kier molecular flexibility index (Phi) is 9.04. The topological polar surface area (TPSA) is 86.7 Å². The van der Waals surface area contributed by atoms with Crippen molar-refractivity contribution in [2.24, 2.45) is 11.0 Å². The normalized spacial score (nSPS) is 18.7. The number of amides is 1. The number of nitrogens with zero attached hydrogens (tertiary/aromatic N) is 2. The van der Waals surface area contributed by atoms with E-state index in [9.17, 15) is 9.59 Å². The average Bonchev–Trinajstić information content (AvgIpc) is 3.40. The molecule has 3 aromatic rings. The van der Waals surface area contributed by atoms with Gasteiger partial charge in [0.1, 0.15) is 0 Å².